The minimum atomic E-state index is 0.443. The van der Waals surface area contributed by atoms with Gasteiger partial charge in [-0.15, -0.1) is 15.3 Å². The number of aryl methyl sites for hydroxylation is 1. The third kappa shape index (κ3) is 2.35. The second-order valence-electron chi connectivity index (χ2n) is 6.79. The Kier molecular flexibility index (Phi) is 3.28. The van der Waals surface area contributed by atoms with Crippen LogP contribution in [0.25, 0.3) is 16.6 Å². The predicted octanol–water partition coefficient (Wildman–Crippen LogP) is 2.31. The normalized spacial score (nSPS) is 14.8. The fraction of sp³-hybridized carbons (Fsp3) is 0.263. The lowest BCUT2D eigenvalue weighted by Crippen LogP contribution is -2.59. The zero-order valence-corrected chi connectivity index (χ0v) is 14.7. The van der Waals surface area contributed by atoms with E-state index in [0.29, 0.717) is 6.04 Å². The van der Waals surface area contributed by atoms with Crippen LogP contribution in [0.4, 0.5) is 11.5 Å². The van der Waals surface area contributed by atoms with Crippen LogP contribution in [0.3, 0.4) is 0 Å². The maximum atomic E-state index is 4.65. The van der Waals surface area contributed by atoms with Gasteiger partial charge in [0.15, 0.2) is 5.65 Å². The molecule has 1 aliphatic heterocycles. The molecule has 0 aliphatic carbocycles. The highest BCUT2D eigenvalue weighted by molar-refractivity contribution is 5.92. The van der Waals surface area contributed by atoms with Crippen LogP contribution < -0.4 is 9.80 Å². The number of anilines is 2. The molecule has 4 heterocycles. The molecule has 0 N–H and O–H groups in total. The van der Waals surface area contributed by atoms with Crippen molar-refractivity contribution in [2.45, 2.75) is 13.0 Å². The van der Waals surface area contributed by atoms with Gasteiger partial charge in [0.2, 0.25) is 0 Å². The van der Waals surface area contributed by atoms with Gasteiger partial charge in [0.05, 0.1) is 11.6 Å². The lowest BCUT2D eigenvalue weighted by molar-refractivity contribution is 0.490. The molecule has 0 saturated carbocycles. The summed E-state index contributed by atoms with van der Waals surface area (Å²) in [5.74, 6) is 0.956. The highest BCUT2D eigenvalue weighted by Crippen LogP contribution is 2.30. The van der Waals surface area contributed by atoms with Crippen LogP contribution in [0.1, 0.15) is 5.69 Å². The molecule has 5 rings (SSSR count). The van der Waals surface area contributed by atoms with Gasteiger partial charge in [-0.2, -0.15) is 4.52 Å². The average molecular weight is 345 g/mol. The van der Waals surface area contributed by atoms with Gasteiger partial charge in [-0.1, -0.05) is 18.2 Å². The van der Waals surface area contributed by atoms with Gasteiger partial charge < -0.3 is 9.80 Å². The van der Waals surface area contributed by atoms with Crippen LogP contribution in [0, 0.1) is 6.92 Å². The van der Waals surface area contributed by atoms with Crippen LogP contribution in [0.15, 0.2) is 48.8 Å². The number of likely N-dealkylation sites (N-methyl/N-ethyl adjacent to an activating group) is 1. The smallest absolute Gasteiger partial charge is 0.177 e. The van der Waals surface area contributed by atoms with E-state index in [2.05, 4.69) is 68.3 Å². The zero-order chi connectivity index (χ0) is 17.7. The van der Waals surface area contributed by atoms with Crippen LogP contribution in [-0.4, -0.2) is 51.0 Å². The van der Waals surface area contributed by atoms with Crippen molar-refractivity contribution in [1.29, 1.82) is 0 Å². The number of benzene rings is 1. The molecule has 0 atom stereocenters. The van der Waals surface area contributed by atoms with Crippen molar-refractivity contribution in [2.24, 2.45) is 0 Å². The van der Waals surface area contributed by atoms with E-state index in [0.717, 1.165) is 35.8 Å². The van der Waals surface area contributed by atoms with E-state index in [9.17, 15) is 0 Å². The molecule has 0 bridgehead atoms. The van der Waals surface area contributed by atoms with Crippen molar-refractivity contribution in [2.75, 3.05) is 29.9 Å². The number of fused-ring (bicyclic) bond motifs is 2. The Morgan fingerprint density at radius 2 is 1.96 bits per heavy atom. The molecule has 0 unspecified atom stereocenters. The summed E-state index contributed by atoms with van der Waals surface area (Å²) in [6.45, 7) is 3.93. The lowest BCUT2D eigenvalue weighted by atomic mass is 10.0. The molecular formula is C19H19N7. The molecule has 1 saturated heterocycles. The Hall–Kier alpha value is -3.22. The van der Waals surface area contributed by atoms with Crippen molar-refractivity contribution >= 4 is 28.1 Å². The minimum Gasteiger partial charge on any atom is -0.367 e. The standard InChI is InChI=1S/C19H19N7/c1-13-9-17(15-5-3-4-6-16(15)21-13)24(2)14-10-25(11-14)19-8-7-18-22-20-12-26(18)23-19/h3-9,12,14H,10-11H2,1-2H3. The number of hydrogen-bond acceptors (Lipinski definition) is 6. The Bertz CT molecular complexity index is 1100. The Balaban J connectivity index is 1.39. The van der Waals surface area contributed by atoms with Crippen LogP contribution in [-0.2, 0) is 0 Å². The molecule has 3 aromatic heterocycles. The lowest BCUT2D eigenvalue weighted by Gasteiger charge is -2.45. The molecule has 130 valence electrons. The summed E-state index contributed by atoms with van der Waals surface area (Å²) in [5, 5.41) is 13.7. The SMILES string of the molecule is Cc1cc(N(C)C2CN(c3ccc4nncn4n3)C2)c2ccccc2n1. The van der Waals surface area contributed by atoms with Crippen molar-refractivity contribution in [3.05, 3.63) is 54.5 Å². The van der Waals surface area contributed by atoms with E-state index in [4.69, 9.17) is 0 Å². The Morgan fingerprint density at radius 1 is 1.12 bits per heavy atom. The first-order chi connectivity index (χ1) is 12.7. The van der Waals surface area contributed by atoms with E-state index >= 15 is 0 Å². The van der Waals surface area contributed by atoms with Gasteiger partial charge >= 0.3 is 0 Å². The third-order valence-corrected chi connectivity index (χ3v) is 5.08. The van der Waals surface area contributed by atoms with Crippen LogP contribution in [0.5, 0.6) is 0 Å². The molecule has 0 radical (unpaired) electrons. The minimum absolute atomic E-state index is 0.443. The number of hydrogen-bond donors (Lipinski definition) is 0. The molecule has 1 aromatic carbocycles. The van der Waals surface area contributed by atoms with E-state index < -0.39 is 0 Å². The van der Waals surface area contributed by atoms with Crippen molar-refractivity contribution in [3.63, 3.8) is 0 Å². The summed E-state index contributed by atoms with van der Waals surface area (Å²) in [6.07, 6.45) is 1.63. The Labute approximate surface area is 150 Å². The van der Waals surface area contributed by atoms with Gasteiger partial charge in [-0.05, 0) is 31.2 Å². The summed E-state index contributed by atoms with van der Waals surface area (Å²) in [7, 11) is 2.17. The van der Waals surface area contributed by atoms with E-state index in [1.54, 1.807) is 10.8 Å². The van der Waals surface area contributed by atoms with Crippen molar-refractivity contribution < 1.29 is 0 Å². The molecule has 7 nitrogen and oxygen atoms in total. The van der Waals surface area contributed by atoms with Crippen molar-refractivity contribution in [1.82, 2.24) is 24.8 Å². The second kappa shape index (κ2) is 5.66. The topological polar surface area (TPSA) is 62.5 Å². The molecule has 26 heavy (non-hydrogen) atoms. The first-order valence-corrected chi connectivity index (χ1v) is 8.70. The van der Waals surface area contributed by atoms with Gasteiger partial charge in [-0.3, -0.25) is 4.98 Å². The van der Waals surface area contributed by atoms with Crippen molar-refractivity contribution in [3.8, 4) is 0 Å². The van der Waals surface area contributed by atoms with Gasteiger partial charge in [-0.25, -0.2) is 0 Å². The summed E-state index contributed by atoms with van der Waals surface area (Å²) in [6, 6.07) is 14.9. The highest BCUT2D eigenvalue weighted by atomic mass is 15.4. The zero-order valence-electron chi connectivity index (χ0n) is 14.7. The van der Waals surface area contributed by atoms with Gasteiger partial charge in [0, 0.05) is 36.9 Å². The summed E-state index contributed by atoms with van der Waals surface area (Å²) in [5.41, 5.74) is 4.09. The first kappa shape index (κ1) is 15.1. The number of rotatable bonds is 3. The molecule has 7 heteroatoms. The molecule has 1 fully saturated rings. The summed E-state index contributed by atoms with van der Waals surface area (Å²) >= 11 is 0. The average Bonchev–Trinajstić information content (AvgIpc) is 3.07. The number of aromatic nitrogens is 5. The quantitative estimate of drug-likeness (QED) is 0.568. The Morgan fingerprint density at radius 3 is 2.85 bits per heavy atom. The maximum absolute atomic E-state index is 4.65. The fourth-order valence-electron chi connectivity index (χ4n) is 3.55. The summed E-state index contributed by atoms with van der Waals surface area (Å²) in [4.78, 5) is 9.29. The highest BCUT2D eigenvalue weighted by Gasteiger charge is 2.32. The number of pyridine rings is 1. The van der Waals surface area contributed by atoms with Crippen LogP contribution >= 0.6 is 0 Å². The third-order valence-electron chi connectivity index (χ3n) is 5.08. The van der Waals surface area contributed by atoms with E-state index in [-0.39, 0.29) is 0 Å². The molecule has 0 spiro atoms. The maximum Gasteiger partial charge on any atom is 0.177 e. The van der Waals surface area contributed by atoms with Gasteiger partial charge in [0.25, 0.3) is 0 Å². The van der Waals surface area contributed by atoms with Crippen LogP contribution in [0.2, 0.25) is 0 Å². The second-order valence-corrected chi connectivity index (χ2v) is 6.79. The summed E-state index contributed by atoms with van der Waals surface area (Å²) < 4.78 is 1.71. The largest absolute Gasteiger partial charge is 0.367 e. The van der Waals surface area contributed by atoms with Gasteiger partial charge in [0.1, 0.15) is 12.1 Å². The van der Waals surface area contributed by atoms with E-state index in [1.165, 1.54) is 11.1 Å². The van der Waals surface area contributed by atoms with E-state index in [1.807, 2.05) is 18.2 Å². The number of para-hydroxylation sites is 1. The molecule has 0 amide bonds. The first-order valence-electron chi connectivity index (χ1n) is 8.70. The monoisotopic (exact) mass is 345 g/mol. The number of nitrogens with zero attached hydrogens (tertiary/aromatic N) is 7. The fourth-order valence-corrected chi connectivity index (χ4v) is 3.55. The predicted molar refractivity (Wildman–Crippen MR) is 102 cm³/mol. The molecule has 4 aromatic rings. The molecule has 1 aliphatic rings. The molecular weight excluding hydrogens is 326 g/mol.